The Morgan fingerprint density at radius 2 is 1.84 bits per heavy atom. The van der Waals surface area contributed by atoms with E-state index in [4.69, 9.17) is 5.11 Å². The number of allylic oxidation sites excluding steroid dienone is 1. The van der Waals surface area contributed by atoms with E-state index < -0.39 is 6.61 Å². The van der Waals surface area contributed by atoms with Crippen molar-refractivity contribution in [1.29, 1.82) is 0 Å². The minimum absolute atomic E-state index is 0.293. The van der Waals surface area contributed by atoms with Crippen molar-refractivity contribution in [2.75, 3.05) is 13.2 Å². The maximum Gasteiger partial charge on any atom is 0.181 e. The summed E-state index contributed by atoms with van der Waals surface area (Å²) in [5, 5.41) is 12.3. The second-order valence-corrected chi connectivity index (χ2v) is 7.63. The fourth-order valence-electron chi connectivity index (χ4n) is 3.94. The predicted octanol–water partition coefficient (Wildman–Crippen LogP) is 4.30. The largest absolute Gasteiger partial charge is 0.388 e. The van der Waals surface area contributed by atoms with Crippen LogP contribution in [0.1, 0.15) is 34.4 Å². The smallest absolute Gasteiger partial charge is 0.181 e. The lowest BCUT2D eigenvalue weighted by Gasteiger charge is -2.10. The zero-order valence-electron chi connectivity index (χ0n) is 17.4. The van der Waals surface area contributed by atoms with Gasteiger partial charge in [-0.1, -0.05) is 60.7 Å². The van der Waals surface area contributed by atoms with Crippen LogP contribution in [0.3, 0.4) is 0 Å². The number of aliphatic hydroxyl groups is 1. The molecule has 0 unspecified atom stereocenters. The van der Waals surface area contributed by atoms with Crippen LogP contribution in [0, 0.1) is 0 Å². The fourth-order valence-corrected chi connectivity index (χ4v) is 3.94. The van der Waals surface area contributed by atoms with Crippen LogP contribution < -0.4 is 5.32 Å². The zero-order valence-corrected chi connectivity index (χ0v) is 17.4. The number of rotatable bonds is 9. The lowest BCUT2D eigenvalue weighted by atomic mass is 10.0. The van der Waals surface area contributed by atoms with Gasteiger partial charge in [-0.15, -0.1) is 0 Å². The van der Waals surface area contributed by atoms with Gasteiger partial charge < -0.3 is 10.4 Å². The van der Waals surface area contributed by atoms with Crippen LogP contribution in [-0.4, -0.2) is 29.0 Å². The normalized spacial score (nSPS) is 13.1. The summed E-state index contributed by atoms with van der Waals surface area (Å²) in [5.74, 6) is -0.293. The molecule has 0 radical (unpaired) electrons. The van der Waals surface area contributed by atoms with E-state index in [1.165, 1.54) is 33.9 Å². The molecule has 4 heteroatoms. The summed E-state index contributed by atoms with van der Waals surface area (Å²) in [6.45, 7) is 1.21. The number of pyridine rings is 1. The van der Waals surface area contributed by atoms with E-state index in [9.17, 15) is 4.79 Å². The van der Waals surface area contributed by atoms with Crippen LogP contribution >= 0.6 is 0 Å². The Morgan fingerprint density at radius 1 is 1.03 bits per heavy atom. The minimum atomic E-state index is -0.457. The molecular formula is C27H26N2O2. The van der Waals surface area contributed by atoms with E-state index >= 15 is 0 Å². The van der Waals surface area contributed by atoms with E-state index in [1.807, 2.05) is 30.5 Å². The molecule has 4 rings (SSSR count). The molecule has 0 atom stereocenters. The van der Waals surface area contributed by atoms with Crippen molar-refractivity contribution in [2.24, 2.45) is 0 Å². The van der Waals surface area contributed by atoms with E-state index in [0.29, 0.717) is 0 Å². The zero-order chi connectivity index (χ0) is 21.5. The number of benzene rings is 2. The highest BCUT2D eigenvalue weighted by Gasteiger charge is 2.22. The van der Waals surface area contributed by atoms with Gasteiger partial charge in [-0.2, -0.15) is 0 Å². The molecule has 2 aromatic carbocycles. The van der Waals surface area contributed by atoms with Crippen molar-refractivity contribution in [2.45, 2.75) is 19.4 Å². The number of fused-ring (bicyclic) bond motifs is 1. The van der Waals surface area contributed by atoms with Gasteiger partial charge >= 0.3 is 0 Å². The number of aliphatic hydroxyl groups excluding tert-OH is 1. The number of carbonyl (C=O) groups is 1. The lowest BCUT2D eigenvalue weighted by molar-refractivity contribution is -0.117. The highest BCUT2D eigenvalue weighted by molar-refractivity contribution is 5.96. The van der Waals surface area contributed by atoms with Crippen LogP contribution in [0.15, 0.2) is 79.0 Å². The maximum atomic E-state index is 11.2. The summed E-state index contributed by atoms with van der Waals surface area (Å²) < 4.78 is 0. The molecule has 0 fully saturated rings. The van der Waals surface area contributed by atoms with Gasteiger partial charge in [0.1, 0.15) is 6.61 Å². The summed E-state index contributed by atoms with van der Waals surface area (Å²) in [4.78, 5) is 15.8. The number of nitrogens with one attached hydrogen (secondary N) is 1. The molecule has 0 aliphatic heterocycles. The molecule has 0 spiro atoms. The van der Waals surface area contributed by atoms with Crippen molar-refractivity contribution >= 4 is 23.0 Å². The molecule has 1 heterocycles. The number of ketones is 1. The molecule has 0 saturated heterocycles. The molecule has 1 aliphatic rings. The monoisotopic (exact) mass is 410 g/mol. The second kappa shape index (κ2) is 10.1. The number of nitrogens with zero attached hydrogens (tertiary/aromatic N) is 1. The standard InChI is InChI=1S/C27H26N2O2/c30-19-23(31)13-12-20-8-10-21(11-9-20)18-28-16-14-25-24-6-2-1-5-22(24)17-26(25)27-7-3-4-15-29-27/h1-13,15,28,30H,14,16-19H2/b13-12+. The third-order valence-electron chi connectivity index (χ3n) is 5.53. The van der Waals surface area contributed by atoms with Gasteiger partial charge in [0.2, 0.25) is 0 Å². The summed E-state index contributed by atoms with van der Waals surface area (Å²) in [6, 6.07) is 22.8. The van der Waals surface area contributed by atoms with Crippen LogP contribution in [0.4, 0.5) is 0 Å². The maximum absolute atomic E-state index is 11.2. The van der Waals surface area contributed by atoms with Crippen LogP contribution in [-0.2, 0) is 17.8 Å². The summed E-state index contributed by atoms with van der Waals surface area (Å²) in [5.41, 5.74) is 8.64. The number of hydrogen-bond acceptors (Lipinski definition) is 4. The number of carbonyl (C=O) groups excluding carboxylic acids is 1. The van der Waals surface area contributed by atoms with Gasteiger partial charge in [0.15, 0.2) is 5.78 Å². The predicted molar refractivity (Wildman–Crippen MR) is 125 cm³/mol. The molecule has 0 saturated carbocycles. The van der Waals surface area contributed by atoms with Crippen molar-refractivity contribution in [3.8, 4) is 0 Å². The van der Waals surface area contributed by atoms with Crippen LogP contribution in [0.2, 0.25) is 0 Å². The number of hydrogen-bond donors (Lipinski definition) is 2. The Morgan fingerprint density at radius 3 is 2.61 bits per heavy atom. The average Bonchev–Trinajstić information content (AvgIpc) is 3.20. The molecule has 3 aromatic rings. The summed E-state index contributed by atoms with van der Waals surface area (Å²) >= 11 is 0. The molecule has 4 nitrogen and oxygen atoms in total. The van der Waals surface area contributed by atoms with Gasteiger partial charge in [-0.25, -0.2) is 0 Å². The Hall–Kier alpha value is -3.34. The Labute approximate surface area is 183 Å². The molecule has 31 heavy (non-hydrogen) atoms. The summed E-state index contributed by atoms with van der Waals surface area (Å²) in [6.07, 6.45) is 6.88. The Balaban J connectivity index is 1.38. The number of aromatic nitrogens is 1. The first-order valence-corrected chi connectivity index (χ1v) is 10.6. The van der Waals surface area contributed by atoms with Crippen molar-refractivity contribution < 1.29 is 9.90 Å². The van der Waals surface area contributed by atoms with Crippen LogP contribution in [0.25, 0.3) is 17.2 Å². The Bertz CT molecular complexity index is 1100. The molecule has 156 valence electrons. The quantitative estimate of drug-likeness (QED) is 0.408. The fraction of sp³-hybridized carbons (Fsp3) is 0.185. The highest BCUT2D eigenvalue weighted by Crippen LogP contribution is 2.39. The lowest BCUT2D eigenvalue weighted by Crippen LogP contribution is -2.15. The van der Waals surface area contributed by atoms with Gasteiger partial charge in [-0.05, 0) is 64.6 Å². The van der Waals surface area contributed by atoms with Crippen molar-refractivity contribution in [3.63, 3.8) is 0 Å². The van der Waals surface area contributed by atoms with Gasteiger partial charge in [0.05, 0.1) is 5.69 Å². The van der Waals surface area contributed by atoms with Crippen molar-refractivity contribution in [1.82, 2.24) is 10.3 Å². The molecule has 0 bridgehead atoms. The summed E-state index contributed by atoms with van der Waals surface area (Å²) in [7, 11) is 0. The Kier molecular flexibility index (Phi) is 6.82. The SMILES string of the molecule is O=C(/C=C/c1ccc(CNCCC2=C(c3ccccn3)Cc3ccccc32)cc1)CO. The van der Waals surface area contributed by atoms with E-state index in [2.05, 4.69) is 52.8 Å². The topological polar surface area (TPSA) is 62.2 Å². The molecule has 0 amide bonds. The highest BCUT2D eigenvalue weighted by atomic mass is 16.3. The van der Waals surface area contributed by atoms with E-state index in [0.717, 1.165) is 37.2 Å². The van der Waals surface area contributed by atoms with Crippen molar-refractivity contribution in [3.05, 3.63) is 107 Å². The first-order valence-electron chi connectivity index (χ1n) is 10.6. The van der Waals surface area contributed by atoms with Gasteiger partial charge in [0.25, 0.3) is 0 Å². The molecule has 2 N–H and O–H groups in total. The third-order valence-corrected chi connectivity index (χ3v) is 5.53. The van der Waals surface area contributed by atoms with E-state index in [1.54, 1.807) is 6.08 Å². The second-order valence-electron chi connectivity index (χ2n) is 7.63. The van der Waals surface area contributed by atoms with E-state index in [-0.39, 0.29) is 5.78 Å². The van der Waals surface area contributed by atoms with Gasteiger partial charge in [-0.3, -0.25) is 9.78 Å². The van der Waals surface area contributed by atoms with Crippen LogP contribution in [0.5, 0.6) is 0 Å². The first kappa shape index (κ1) is 20.9. The molecular weight excluding hydrogens is 384 g/mol. The van der Waals surface area contributed by atoms with Gasteiger partial charge in [0, 0.05) is 19.2 Å². The third kappa shape index (κ3) is 5.23. The average molecular weight is 411 g/mol. The first-order chi connectivity index (χ1) is 15.2. The minimum Gasteiger partial charge on any atom is -0.388 e. The molecule has 1 aromatic heterocycles. The molecule has 1 aliphatic carbocycles.